The molecule has 25 heavy (non-hydrogen) atoms. The van der Waals surface area contributed by atoms with Gasteiger partial charge in [-0.25, -0.2) is 15.0 Å². The van der Waals surface area contributed by atoms with Crippen LogP contribution in [-0.4, -0.2) is 52.3 Å². The Morgan fingerprint density at radius 1 is 1.08 bits per heavy atom. The quantitative estimate of drug-likeness (QED) is 0.905. The highest BCUT2D eigenvalue weighted by atomic mass is 32.1. The van der Waals surface area contributed by atoms with E-state index in [-0.39, 0.29) is 12.6 Å². The second-order valence-electron chi connectivity index (χ2n) is 6.92. The van der Waals surface area contributed by atoms with E-state index in [1.54, 1.807) is 17.7 Å². The Bertz CT molecular complexity index is 680. The lowest BCUT2D eigenvalue weighted by atomic mass is 9.99. The fourth-order valence-corrected chi connectivity index (χ4v) is 4.75. The van der Waals surface area contributed by atoms with Gasteiger partial charge >= 0.3 is 0 Å². The molecule has 4 rings (SSSR count). The van der Waals surface area contributed by atoms with E-state index in [4.69, 9.17) is 0 Å². The summed E-state index contributed by atoms with van der Waals surface area (Å²) < 4.78 is 0. The zero-order valence-corrected chi connectivity index (χ0v) is 15.2. The van der Waals surface area contributed by atoms with Gasteiger partial charge in [-0.05, 0) is 32.1 Å². The number of aromatic nitrogens is 3. The summed E-state index contributed by atoms with van der Waals surface area (Å²) in [6.07, 6.45) is 9.29. The van der Waals surface area contributed by atoms with E-state index < -0.39 is 0 Å². The first-order valence-corrected chi connectivity index (χ1v) is 10.1. The van der Waals surface area contributed by atoms with Crippen LogP contribution in [0.4, 0.5) is 11.6 Å². The van der Waals surface area contributed by atoms with Crippen molar-refractivity contribution in [1.82, 2.24) is 15.0 Å². The zero-order chi connectivity index (χ0) is 17.1. The van der Waals surface area contributed by atoms with Crippen LogP contribution in [0.15, 0.2) is 24.0 Å². The van der Waals surface area contributed by atoms with Crippen molar-refractivity contribution >= 4 is 23.0 Å². The van der Waals surface area contributed by atoms with Crippen molar-refractivity contribution in [1.29, 1.82) is 0 Å². The van der Waals surface area contributed by atoms with Crippen molar-refractivity contribution in [3.8, 4) is 0 Å². The number of piperidine rings is 2. The number of thiazole rings is 1. The molecular formula is C18H25N5OS. The maximum atomic E-state index is 9.68. The molecule has 4 heterocycles. The number of anilines is 2. The molecule has 134 valence electrons. The highest BCUT2D eigenvalue weighted by molar-refractivity contribution is 7.09. The Morgan fingerprint density at radius 2 is 2.00 bits per heavy atom. The van der Waals surface area contributed by atoms with Crippen LogP contribution in [0.5, 0.6) is 0 Å². The van der Waals surface area contributed by atoms with Gasteiger partial charge in [-0.2, -0.15) is 0 Å². The number of hydrogen-bond donors (Lipinski definition) is 1. The summed E-state index contributed by atoms with van der Waals surface area (Å²) >= 11 is 1.75. The third-order valence-corrected chi connectivity index (χ3v) is 6.25. The van der Waals surface area contributed by atoms with Gasteiger partial charge in [-0.1, -0.05) is 0 Å². The molecule has 2 fully saturated rings. The molecule has 2 aliphatic heterocycles. The predicted molar refractivity (Wildman–Crippen MR) is 100 cm³/mol. The average Bonchev–Trinajstić information content (AvgIpc) is 3.23. The van der Waals surface area contributed by atoms with Gasteiger partial charge in [-0.3, -0.25) is 0 Å². The van der Waals surface area contributed by atoms with Gasteiger partial charge in [0.25, 0.3) is 0 Å². The Hall–Kier alpha value is -1.73. The minimum atomic E-state index is 0.181. The molecule has 2 unspecified atom stereocenters. The SMILES string of the molecule is OCC1CCCCN1c1cc(N2CCCC(c3nccs3)C2)ncn1. The lowest BCUT2D eigenvalue weighted by molar-refractivity contribution is 0.239. The highest BCUT2D eigenvalue weighted by Gasteiger charge is 2.26. The van der Waals surface area contributed by atoms with Gasteiger partial charge in [0, 0.05) is 43.2 Å². The number of aliphatic hydroxyl groups is 1. The summed E-state index contributed by atoms with van der Waals surface area (Å²) in [5.41, 5.74) is 0. The topological polar surface area (TPSA) is 65.4 Å². The molecule has 0 spiro atoms. The van der Waals surface area contributed by atoms with E-state index in [0.29, 0.717) is 5.92 Å². The molecular weight excluding hydrogens is 334 g/mol. The Labute approximate surface area is 152 Å². The van der Waals surface area contributed by atoms with Crippen LogP contribution < -0.4 is 9.80 Å². The molecule has 0 saturated carbocycles. The normalized spacial score (nSPS) is 24.5. The number of aliphatic hydroxyl groups excluding tert-OH is 1. The first-order valence-electron chi connectivity index (χ1n) is 9.19. The molecule has 1 N–H and O–H groups in total. The fourth-order valence-electron chi connectivity index (χ4n) is 3.98. The minimum Gasteiger partial charge on any atom is -0.394 e. The molecule has 7 heteroatoms. The molecule has 2 saturated heterocycles. The highest BCUT2D eigenvalue weighted by Crippen LogP contribution is 2.31. The Kier molecular flexibility index (Phi) is 5.12. The summed E-state index contributed by atoms with van der Waals surface area (Å²) in [4.78, 5) is 18.1. The van der Waals surface area contributed by atoms with E-state index in [1.165, 1.54) is 17.8 Å². The summed E-state index contributed by atoms with van der Waals surface area (Å²) in [5, 5.41) is 13.0. The Balaban J connectivity index is 1.52. The molecule has 0 aromatic carbocycles. The second kappa shape index (κ2) is 7.66. The molecule has 2 aliphatic rings. The third kappa shape index (κ3) is 3.62. The maximum absolute atomic E-state index is 9.68. The van der Waals surface area contributed by atoms with Crippen molar-refractivity contribution in [2.75, 3.05) is 36.0 Å². The van der Waals surface area contributed by atoms with Crippen LogP contribution in [0, 0.1) is 0 Å². The van der Waals surface area contributed by atoms with Crippen LogP contribution >= 0.6 is 11.3 Å². The largest absolute Gasteiger partial charge is 0.394 e. The zero-order valence-electron chi connectivity index (χ0n) is 14.4. The van der Waals surface area contributed by atoms with Crippen molar-refractivity contribution in [3.05, 3.63) is 29.0 Å². The summed E-state index contributed by atoms with van der Waals surface area (Å²) in [7, 11) is 0. The smallest absolute Gasteiger partial charge is 0.134 e. The van der Waals surface area contributed by atoms with E-state index in [9.17, 15) is 5.11 Å². The second-order valence-corrected chi connectivity index (χ2v) is 7.84. The van der Waals surface area contributed by atoms with Crippen LogP contribution in [0.1, 0.15) is 43.0 Å². The molecule has 2 aromatic rings. The van der Waals surface area contributed by atoms with Crippen LogP contribution in [-0.2, 0) is 0 Å². The van der Waals surface area contributed by atoms with Gasteiger partial charge in [0.1, 0.15) is 18.0 Å². The first kappa shape index (κ1) is 16.7. The molecule has 0 bridgehead atoms. The molecule has 0 amide bonds. The molecule has 2 atom stereocenters. The number of hydrogen-bond acceptors (Lipinski definition) is 7. The van der Waals surface area contributed by atoms with Crippen molar-refractivity contribution in [3.63, 3.8) is 0 Å². The van der Waals surface area contributed by atoms with Crippen molar-refractivity contribution < 1.29 is 5.11 Å². The summed E-state index contributed by atoms with van der Waals surface area (Å²) in [6.45, 7) is 3.15. The summed E-state index contributed by atoms with van der Waals surface area (Å²) in [5.74, 6) is 2.43. The lowest BCUT2D eigenvalue weighted by Crippen LogP contribution is -2.42. The van der Waals surface area contributed by atoms with Crippen molar-refractivity contribution in [2.45, 2.75) is 44.1 Å². The van der Waals surface area contributed by atoms with E-state index in [2.05, 4.69) is 36.2 Å². The average molecular weight is 359 g/mol. The van der Waals surface area contributed by atoms with E-state index in [1.807, 2.05) is 6.20 Å². The van der Waals surface area contributed by atoms with E-state index in [0.717, 1.165) is 50.5 Å². The number of rotatable bonds is 4. The minimum absolute atomic E-state index is 0.181. The van der Waals surface area contributed by atoms with Gasteiger partial charge < -0.3 is 14.9 Å². The van der Waals surface area contributed by atoms with Gasteiger partial charge in [0.2, 0.25) is 0 Å². The molecule has 0 radical (unpaired) electrons. The van der Waals surface area contributed by atoms with Crippen LogP contribution in [0.3, 0.4) is 0 Å². The third-order valence-electron chi connectivity index (χ3n) is 5.32. The Morgan fingerprint density at radius 3 is 2.84 bits per heavy atom. The molecule has 0 aliphatic carbocycles. The fraction of sp³-hybridized carbons (Fsp3) is 0.611. The van der Waals surface area contributed by atoms with Gasteiger partial charge in [-0.15, -0.1) is 11.3 Å². The van der Waals surface area contributed by atoms with Gasteiger partial charge in [0.05, 0.1) is 17.7 Å². The molecule has 6 nitrogen and oxygen atoms in total. The first-order chi connectivity index (χ1) is 12.3. The predicted octanol–water partition coefficient (Wildman–Crippen LogP) is 2.67. The monoisotopic (exact) mass is 359 g/mol. The van der Waals surface area contributed by atoms with Crippen LogP contribution in [0.25, 0.3) is 0 Å². The number of nitrogens with zero attached hydrogens (tertiary/aromatic N) is 5. The maximum Gasteiger partial charge on any atom is 0.134 e. The van der Waals surface area contributed by atoms with Crippen molar-refractivity contribution in [2.24, 2.45) is 0 Å². The van der Waals surface area contributed by atoms with Crippen LogP contribution in [0.2, 0.25) is 0 Å². The lowest BCUT2D eigenvalue weighted by Gasteiger charge is -2.37. The molecule has 2 aromatic heterocycles. The van der Waals surface area contributed by atoms with E-state index >= 15 is 0 Å². The van der Waals surface area contributed by atoms with Gasteiger partial charge in [0.15, 0.2) is 0 Å². The summed E-state index contributed by atoms with van der Waals surface area (Å²) in [6, 6.07) is 2.28. The standard InChI is InChI=1S/C18H25N5OS/c24-12-15-5-1-2-8-23(15)17-10-16(20-13-21-17)22-7-3-4-14(11-22)18-19-6-9-25-18/h6,9-10,13-15,24H,1-5,7-8,11-12H2.